The minimum absolute atomic E-state index is 0.287. The molecule has 2 aliphatic heterocycles. The summed E-state index contributed by atoms with van der Waals surface area (Å²) in [5, 5.41) is 3.58. The SMILES string of the molecule is CN=C(NCc1ccc(CN2CCCC2=O)cc1)N1CCSC2(CCCCC2)C1. The predicted octanol–water partition coefficient (Wildman–Crippen LogP) is 3.64. The zero-order chi connectivity index (χ0) is 20.1. The highest BCUT2D eigenvalue weighted by Crippen LogP contribution is 2.42. The molecule has 0 atom stereocenters. The van der Waals surface area contributed by atoms with Crippen LogP contribution in [0.5, 0.6) is 0 Å². The van der Waals surface area contributed by atoms with Crippen molar-refractivity contribution in [3.63, 3.8) is 0 Å². The molecule has 158 valence electrons. The molecule has 2 saturated heterocycles. The number of nitrogens with zero attached hydrogens (tertiary/aromatic N) is 3. The molecule has 0 bridgehead atoms. The molecule has 3 fully saturated rings. The molecule has 1 aromatic rings. The molecular formula is C23H34N4OS. The first kappa shape index (κ1) is 20.6. The summed E-state index contributed by atoms with van der Waals surface area (Å²) >= 11 is 2.19. The lowest BCUT2D eigenvalue weighted by molar-refractivity contribution is -0.128. The van der Waals surface area contributed by atoms with Gasteiger partial charge >= 0.3 is 0 Å². The van der Waals surface area contributed by atoms with Crippen LogP contribution in [-0.4, -0.2) is 58.8 Å². The summed E-state index contributed by atoms with van der Waals surface area (Å²) in [4.78, 5) is 20.8. The summed E-state index contributed by atoms with van der Waals surface area (Å²) in [7, 11) is 1.90. The van der Waals surface area contributed by atoms with Crippen molar-refractivity contribution in [3.8, 4) is 0 Å². The van der Waals surface area contributed by atoms with Crippen molar-refractivity contribution in [1.29, 1.82) is 0 Å². The van der Waals surface area contributed by atoms with E-state index in [1.807, 2.05) is 11.9 Å². The van der Waals surface area contributed by atoms with E-state index in [4.69, 9.17) is 0 Å². The molecule has 0 aromatic heterocycles. The number of rotatable bonds is 4. The van der Waals surface area contributed by atoms with Crippen molar-refractivity contribution in [2.24, 2.45) is 4.99 Å². The van der Waals surface area contributed by atoms with Crippen LogP contribution in [0.4, 0.5) is 0 Å². The maximum Gasteiger partial charge on any atom is 0.222 e. The minimum atomic E-state index is 0.287. The average Bonchev–Trinajstić information content (AvgIpc) is 3.15. The van der Waals surface area contributed by atoms with E-state index in [9.17, 15) is 4.79 Å². The van der Waals surface area contributed by atoms with Gasteiger partial charge in [0.2, 0.25) is 5.91 Å². The predicted molar refractivity (Wildman–Crippen MR) is 121 cm³/mol. The summed E-state index contributed by atoms with van der Waals surface area (Å²) in [6.07, 6.45) is 8.56. The molecule has 0 unspecified atom stereocenters. The molecule has 1 aromatic carbocycles. The molecule has 6 heteroatoms. The zero-order valence-corrected chi connectivity index (χ0v) is 18.5. The molecular weight excluding hydrogens is 380 g/mol. The molecule has 1 spiro atoms. The van der Waals surface area contributed by atoms with Crippen molar-refractivity contribution in [1.82, 2.24) is 15.1 Å². The van der Waals surface area contributed by atoms with Gasteiger partial charge in [-0.2, -0.15) is 11.8 Å². The van der Waals surface area contributed by atoms with Crippen LogP contribution in [0.1, 0.15) is 56.1 Å². The monoisotopic (exact) mass is 414 g/mol. The van der Waals surface area contributed by atoms with E-state index in [0.29, 0.717) is 11.2 Å². The number of hydrogen-bond donors (Lipinski definition) is 1. The van der Waals surface area contributed by atoms with Crippen LogP contribution in [0.15, 0.2) is 29.3 Å². The topological polar surface area (TPSA) is 47.9 Å². The Kier molecular flexibility index (Phi) is 6.68. The lowest BCUT2D eigenvalue weighted by Crippen LogP contribution is -2.53. The van der Waals surface area contributed by atoms with E-state index in [0.717, 1.165) is 45.1 Å². The third-order valence-electron chi connectivity index (χ3n) is 6.54. The van der Waals surface area contributed by atoms with Crippen molar-refractivity contribution in [2.45, 2.75) is 62.8 Å². The number of nitrogens with one attached hydrogen (secondary N) is 1. The standard InChI is InChI=1S/C23H34N4OS/c1-24-22(27-14-15-29-23(18-27)11-3-2-4-12-23)25-16-19-7-9-20(10-8-19)17-26-13-5-6-21(26)28/h7-10H,2-6,11-18H2,1H3,(H,24,25). The third-order valence-corrected chi connectivity index (χ3v) is 8.08. The van der Waals surface area contributed by atoms with E-state index in [2.05, 4.69) is 51.2 Å². The van der Waals surface area contributed by atoms with Gasteiger partial charge in [-0.3, -0.25) is 9.79 Å². The maximum atomic E-state index is 11.8. The number of guanidine groups is 1. The van der Waals surface area contributed by atoms with E-state index in [1.165, 1.54) is 49.0 Å². The van der Waals surface area contributed by atoms with Crippen molar-refractivity contribution in [2.75, 3.05) is 32.4 Å². The lowest BCUT2D eigenvalue weighted by Gasteiger charge is -2.45. The Bertz CT molecular complexity index is 721. The highest BCUT2D eigenvalue weighted by molar-refractivity contribution is 8.00. The normalized spacial score (nSPS) is 22.4. The smallest absolute Gasteiger partial charge is 0.222 e. The molecule has 1 N–H and O–H groups in total. The quantitative estimate of drug-likeness (QED) is 0.604. The second-order valence-electron chi connectivity index (χ2n) is 8.65. The molecule has 0 radical (unpaired) electrons. The number of carbonyl (C=O) groups excluding carboxylic acids is 1. The Labute approximate surface area is 179 Å². The molecule has 5 nitrogen and oxygen atoms in total. The van der Waals surface area contributed by atoms with Crippen LogP contribution in [0.25, 0.3) is 0 Å². The lowest BCUT2D eigenvalue weighted by atomic mass is 9.87. The van der Waals surface area contributed by atoms with Crippen LogP contribution >= 0.6 is 11.8 Å². The van der Waals surface area contributed by atoms with Gasteiger partial charge in [-0.1, -0.05) is 43.5 Å². The Morgan fingerprint density at radius 2 is 1.86 bits per heavy atom. The van der Waals surface area contributed by atoms with Crippen LogP contribution in [0.3, 0.4) is 0 Å². The highest BCUT2D eigenvalue weighted by Gasteiger charge is 2.38. The summed E-state index contributed by atoms with van der Waals surface area (Å²) < 4.78 is 0.447. The number of benzene rings is 1. The van der Waals surface area contributed by atoms with Gasteiger partial charge in [-0.05, 0) is 30.4 Å². The number of amides is 1. The van der Waals surface area contributed by atoms with Crippen LogP contribution in [0, 0.1) is 0 Å². The Morgan fingerprint density at radius 3 is 2.55 bits per heavy atom. The first-order chi connectivity index (χ1) is 14.2. The number of aliphatic imine (C=N–C) groups is 1. The molecule has 2 heterocycles. The molecule has 1 aliphatic carbocycles. The number of thioether (sulfide) groups is 1. The van der Waals surface area contributed by atoms with Crippen molar-refractivity contribution in [3.05, 3.63) is 35.4 Å². The van der Waals surface area contributed by atoms with E-state index in [1.54, 1.807) is 0 Å². The highest BCUT2D eigenvalue weighted by atomic mass is 32.2. The molecule has 29 heavy (non-hydrogen) atoms. The summed E-state index contributed by atoms with van der Waals surface area (Å²) in [6, 6.07) is 8.65. The fourth-order valence-corrected chi connectivity index (χ4v) is 6.46. The summed E-state index contributed by atoms with van der Waals surface area (Å²) in [6.45, 7) is 4.62. The number of hydrogen-bond acceptors (Lipinski definition) is 3. The minimum Gasteiger partial charge on any atom is -0.352 e. The maximum absolute atomic E-state index is 11.8. The second-order valence-corrected chi connectivity index (χ2v) is 10.2. The largest absolute Gasteiger partial charge is 0.352 e. The number of carbonyl (C=O) groups is 1. The Balaban J connectivity index is 1.30. The van der Waals surface area contributed by atoms with Crippen LogP contribution < -0.4 is 5.32 Å². The molecule has 1 saturated carbocycles. The summed E-state index contributed by atoms with van der Waals surface area (Å²) in [5.74, 6) is 2.52. The van der Waals surface area contributed by atoms with Crippen LogP contribution in [-0.2, 0) is 17.9 Å². The first-order valence-electron chi connectivity index (χ1n) is 11.1. The summed E-state index contributed by atoms with van der Waals surface area (Å²) in [5.41, 5.74) is 2.46. The van der Waals surface area contributed by atoms with Crippen molar-refractivity contribution < 1.29 is 4.79 Å². The second kappa shape index (κ2) is 9.41. The fourth-order valence-electron chi connectivity index (χ4n) is 4.89. The van der Waals surface area contributed by atoms with Gasteiger partial charge in [0.1, 0.15) is 0 Å². The van der Waals surface area contributed by atoms with Crippen LogP contribution in [0.2, 0.25) is 0 Å². The van der Waals surface area contributed by atoms with Gasteiger partial charge in [0, 0.05) is 56.7 Å². The third kappa shape index (κ3) is 5.08. The average molecular weight is 415 g/mol. The Morgan fingerprint density at radius 1 is 1.10 bits per heavy atom. The van der Waals surface area contributed by atoms with Crippen molar-refractivity contribution >= 4 is 23.6 Å². The van der Waals surface area contributed by atoms with E-state index >= 15 is 0 Å². The van der Waals surface area contributed by atoms with Gasteiger partial charge in [-0.25, -0.2) is 0 Å². The van der Waals surface area contributed by atoms with Gasteiger partial charge in [0.25, 0.3) is 0 Å². The number of likely N-dealkylation sites (tertiary alicyclic amines) is 1. The van der Waals surface area contributed by atoms with Gasteiger partial charge in [-0.15, -0.1) is 0 Å². The zero-order valence-electron chi connectivity index (χ0n) is 17.7. The first-order valence-corrected chi connectivity index (χ1v) is 12.1. The molecule has 4 rings (SSSR count). The van der Waals surface area contributed by atoms with E-state index < -0.39 is 0 Å². The van der Waals surface area contributed by atoms with Gasteiger partial charge < -0.3 is 15.1 Å². The Hall–Kier alpha value is -1.69. The van der Waals surface area contributed by atoms with Gasteiger partial charge in [0.05, 0.1) is 0 Å². The fraction of sp³-hybridized carbons (Fsp3) is 0.652. The molecule has 3 aliphatic rings. The van der Waals surface area contributed by atoms with E-state index in [-0.39, 0.29) is 5.91 Å². The molecule has 1 amide bonds. The van der Waals surface area contributed by atoms with Gasteiger partial charge in [0.15, 0.2) is 5.96 Å².